The highest BCUT2D eigenvalue weighted by Gasteiger charge is 2.14. The molecule has 0 aliphatic heterocycles. The summed E-state index contributed by atoms with van der Waals surface area (Å²) in [5.41, 5.74) is 3.22. The van der Waals surface area contributed by atoms with Gasteiger partial charge in [-0.3, -0.25) is 0 Å². The molecule has 0 saturated heterocycles. The van der Waals surface area contributed by atoms with Crippen LogP contribution in [0.5, 0.6) is 0 Å². The largest absolute Gasteiger partial charge is 0.477 e. The molecule has 2 N–H and O–H groups in total. The third-order valence-electron chi connectivity index (χ3n) is 2.76. The average Bonchev–Trinajstić information content (AvgIpc) is 2.56. The first-order valence-electron chi connectivity index (χ1n) is 4.98. The number of carboxylic acid groups (broad SMARTS) is 1. The van der Waals surface area contributed by atoms with Gasteiger partial charge >= 0.3 is 5.97 Å². The van der Waals surface area contributed by atoms with Gasteiger partial charge in [0.15, 0.2) is 0 Å². The van der Waals surface area contributed by atoms with Crippen LogP contribution in [0.1, 0.15) is 28.5 Å². The van der Waals surface area contributed by atoms with Crippen LogP contribution in [0.3, 0.4) is 0 Å². The molecule has 0 bridgehead atoms. The van der Waals surface area contributed by atoms with E-state index < -0.39 is 5.97 Å². The van der Waals surface area contributed by atoms with Crippen molar-refractivity contribution in [3.8, 4) is 0 Å². The van der Waals surface area contributed by atoms with Gasteiger partial charge in [0.05, 0.1) is 0 Å². The van der Waals surface area contributed by atoms with Crippen LogP contribution in [0.2, 0.25) is 0 Å². The third-order valence-corrected chi connectivity index (χ3v) is 2.76. The molecule has 0 amide bonds. The van der Waals surface area contributed by atoms with E-state index in [1.807, 2.05) is 25.1 Å². The van der Waals surface area contributed by atoms with Crippen molar-refractivity contribution >= 4 is 16.9 Å². The lowest BCUT2D eigenvalue weighted by Crippen LogP contribution is -1.98. The van der Waals surface area contributed by atoms with Crippen molar-refractivity contribution in [2.45, 2.75) is 20.3 Å². The molecule has 0 radical (unpaired) electrons. The summed E-state index contributed by atoms with van der Waals surface area (Å²) in [5.74, 6) is -0.897. The van der Waals surface area contributed by atoms with Crippen LogP contribution in [0, 0.1) is 6.92 Å². The van der Waals surface area contributed by atoms with E-state index in [0.717, 1.165) is 22.9 Å². The number of nitrogens with one attached hydrogen (secondary N) is 1. The zero-order valence-electron chi connectivity index (χ0n) is 8.79. The molecular weight excluding hydrogens is 190 g/mol. The molecule has 15 heavy (non-hydrogen) atoms. The van der Waals surface area contributed by atoms with Crippen molar-refractivity contribution in [3.05, 3.63) is 35.0 Å². The Balaban J connectivity index is 2.82. The monoisotopic (exact) mass is 203 g/mol. The van der Waals surface area contributed by atoms with E-state index in [4.69, 9.17) is 5.11 Å². The summed E-state index contributed by atoms with van der Waals surface area (Å²) in [6.45, 7) is 3.92. The van der Waals surface area contributed by atoms with Crippen molar-refractivity contribution < 1.29 is 9.90 Å². The lowest BCUT2D eigenvalue weighted by molar-refractivity contribution is 0.0691. The fraction of sp³-hybridized carbons (Fsp3) is 0.250. The van der Waals surface area contributed by atoms with Gasteiger partial charge in [0.2, 0.25) is 0 Å². The Hall–Kier alpha value is -1.77. The first-order valence-corrected chi connectivity index (χ1v) is 4.98. The molecule has 1 aromatic carbocycles. The second-order valence-electron chi connectivity index (χ2n) is 3.62. The molecule has 0 aliphatic rings. The Morgan fingerprint density at radius 1 is 1.47 bits per heavy atom. The van der Waals surface area contributed by atoms with Gasteiger partial charge in [-0.15, -0.1) is 0 Å². The summed E-state index contributed by atoms with van der Waals surface area (Å²) < 4.78 is 0. The van der Waals surface area contributed by atoms with Gasteiger partial charge in [0, 0.05) is 10.9 Å². The van der Waals surface area contributed by atoms with Crippen LogP contribution in [-0.4, -0.2) is 16.1 Å². The Morgan fingerprint density at radius 2 is 2.20 bits per heavy atom. The van der Waals surface area contributed by atoms with Crippen molar-refractivity contribution in [2.24, 2.45) is 0 Å². The maximum Gasteiger partial charge on any atom is 0.352 e. The van der Waals surface area contributed by atoms with Crippen LogP contribution in [-0.2, 0) is 6.42 Å². The number of aromatic nitrogens is 1. The second-order valence-corrected chi connectivity index (χ2v) is 3.62. The summed E-state index contributed by atoms with van der Waals surface area (Å²) in [7, 11) is 0. The van der Waals surface area contributed by atoms with Gasteiger partial charge < -0.3 is 10.1 Å². The zero-order chi connectivity index (χ0) is 11.0. The standard InChI is InChI=1S/C12H13NO2/c1-3-8-5-4-6-9-10(8)7(2)11(13-9)12(14)15/h4-6,13H,3H2,1-2H3,(H,14,15). The Labute approximate surface area is 87.7 Å². The highest BCUT2D eigenvalue weighted by Crippen LogP contribution is 2.25. The minimum Gasteiger partial charge on any atom is -0.477 e. The topological polar surface area (TPSA) is 53.1 Å². The van der Waals surface area contributed by atoms with E-state index in [2.05, 4.69) is 11.9 Å². The highest BCUT2D eigenvalue weighted by atomic mass is 16.4. The number of benzene rings is 1. The molecule has 3 heteroatoms. The van der Waals surface area contributed by atoms with Crippen molar-refractivity contribution in [3.63, 3.8) is 0 Å². The number of aryl methyl sites for hydroxylation is 2. The maximum absolute atomic E-state index is 11.0. The second kappa shape index (κ2) is 3.42. The number of aromatic carboxylic acids is 1. The predicted octanol–water partition coefficient (Wildman–Crippen LogP) is 2.74. The van der Waals surface area contributed by atoms with E-state index in [9.17, 15) is 4.79 Å². The number of H-pyrrole nitrogens is 1. The van der Waals surface area contributed by atoms with Gasteiger partial charge in [0.25, 0.3) is 0 Å². The van der Waals surface area contributed by atoms with E-state index in [1.54, 1.807) is 0 Å². The Kier molecular flexibility index (Phi) is 2.23. The quantitative estimate of drug-likeness (QED) is 0.788. The number of carboxylic acids is 1. The van der Waals surface area contributed by atoms with Crippen molar-refractivity contribution in [1.29, 1.82) is 0 Å². The van der Waals surface area contributed by atoms with Crippen LogP contribution >= 0.6 is 0 Å². The van der Waals surface area contributed by atoms with Crippen molar-refractivity contribution in [2.75, 3.05) is 0 Å². The molecule has 0 aliphatic carbocycles. The molecule has 0 spiro atoms. The Bertz CT molecular complexity index is 526. The number of carbonyl (C=O) groups is 1. The fourth-order valence-corrected chi connectivity index (χ4v) is 2.01. The highest BCUT2D eigenvalue weighted by molar-refractivity contribution is 5.98. The summed E-state index contributed by atoms with van der Waals surface area (Å²) in [6.07, 6.45) is 0.912. The number of aromatic amines is 1. The normalized spacial score (nSPS) is 10.8. The maximum atomic E-state index is 11.0. The molecule has 0 unspecified atom stereocenters. The van der Waals surface area contributed by atoms with Gasteiger partial charge in [-0.1, -0.05) is 19.1 Å². The fourth-order valence-electron chi connectivity index (χ4n) is 2.01. The van der Waals surface area contributed by atoms with Gasteiger partial charge in [-0.2, -0.15) is 0 Å². The number of rotatable bonds is 2. The number of hydrogen-bond donors (Lipinski definition) is 2. The molecular formula is C12H13NO2. The van der Waals surface area contributed by atoms with E-state index >= 15 is 0 Å². The molecule has 1 aromatic heterocycles. The predicted molar refractivity (Wildman–Crippen MR) is 59.4 cm³/mol. The van der Waals surface area contributed by atoms with Gasteiger partial charge in [0.1, 0.15) is 5.69 Å². The zero-order valence-corrected chi connectivity index (χ0v) is 8.79. The van der Waals surface area contributed by atoms with E-state index in [1.165, 1.54) is 5.56 Å². The third kappa shape index (κ3) is 1.40. The minimum atomic E-state index is -0.897. The molecule has 0 atom stereocenters. The first-order chi connectivity index (χ1) is 7.15. The first kappa shape index (κ1) is 9.77. The lowest BCUT2D eigenvalue weighted by Gasteiger charge is -1.99. The smallest absolute Gasteiger partial charge is 0.352 e. The molecule has 2 aromatic rings. The lowest BCUT2D eigenvalue weighted by atomic mass is 10.0. The van der Waals surface area contributed by atoms with E-state index in [-0.39, 0.29) is 0 Å². The van der Waals surface area contributed by atoms with E-state index in [0.29, 0.717) is 5.69 Å². The molecule has 0 fully saturated rings. The Morgan fingerprint density at radius 3 is 2.80 bits per heavy atom. The number of hydrogen-bond acceptors (Lipinski definition) is 1. The van der Waals surface area contributed by atoms with Gasteiger partial charge in [-0.25, -0.2) is 4.79 Å². The summed E-state index contributed by atoms with van der Waals surface area (Å²) >= 11 is 0. The SMILES string of the molecule is CCc1cccc2[nH]c(C(=O)O)c(C)c12. The number of fused-ring (bicyclic) bond motifs is 1. The van der Waals surface area contributed by atoms with Crippen LogP contribution in [0.25, 0.3) is 10.9 Å². The molecule has 0 saturated carbocycles. The van der Waals surface area contributed by atoms with Crippen LogP contribution < -0.4 is 0 Å². The average molecular weight is 203 g/mol. The van der Waals surface area contributed by atoms with Crippen LogP contribution in [0.15, 0.2) is 18.2 Å². The molecule has 3 nitrogen and oxygen atoms in total. The molecule has 78 valence electrons. The minimum absolute atomic E-state index is 0.297. The molecule has 2 rings (SSSR count). The molecule has 1 heterocycles. The van der Waals surface area contributed by atoms with Crippen molar-refractivity contribution in [1.82, 2.24) is 4.98 Å². The van der Waals surface area contributed by atoms with Crippen LogP contribution in [0.4, 0.5) is 0 Å². The van der Waals surface area contributed by atoms with Gasteiger partial charge in [-0.05, 0) is 30.5 Å². The summed E-state index contributed by atoms with van der Waals surface area (Å²) in [4.78, 5) is 13.9. The summed E-state index contributed by atoms with van der Waals surface area (Å²) in [6, 6.07) is 5.89. The summed E-state index contributed by atoms with van der Waals surface area (Å²) in [5, 5.41) is 10.1.